The lowest BCUT2D eigenvalue weighted by Gasteiger charge is -2.26. The number of carbonyl (C=O) groups is 1. The van der Waals surface area contributed by atoms with Crippen molar-refractivity contribution in [2.24, 2.45) is 11.3 Å². The van der Waals surface area contributed by atoms with Crippen molar-refractivity contribution in [3.8, 4) is 0 Å². The van der Waals surface area contributed by atoms with Gasteiger partial charge in [0.1, 0.15) is 0 Å². The van der Waals surface area contributed by atoms with Gasteiger partial charge in [-0.2, -0.15) is 0 Å². The third-order valence-corrected chi connectivity index (χ3v) is 4.41. The molecule has 0 radical (unpaired) electrons. The summed E-state index contributed by atoms with van der Waals surface area (Å²) in [5.74, 6) is 0.573. The Morgan fingerprint density at radius 2 is 2.05 bits per heavy atom. The first-order valence-electron chi connectivity index (χ1n) is 6.59. The molecule has 0 aliphatic carbocycles. The van der Waals surface area contributed by atoms with Gasteiger partial charge in [-0.1, -0.05) is 43.6 Å². The van der Waals surface area contributed by atoms with Gasteiger partial charge in [0.2, 0.25) is 0 Å². The Labute approximate surface area is 122 Å². The van der Waals surface area contributed by atoms with Crippen molar-refractivity contribution in [1.29, 1.82) is 0 Å². The number of H-pyrrole nitrogens is 1. The number of nitrogens with one attached hydrogen (secondary N) is 1. The van der Waals surface area contributed by atoms with Crippen molar-refractivity contribution in [2.45, 2.75) is 34.1 Å². The van der Waals surface area contributed by atoms with E-state index >= 15 is 0 Å². The molecule has 19 heavy (non-hydrogen) atoms. The van der Waals surface area contributed by atoms with Crippen LogP contribution in [0.25, 0.3) is 10.9 Å². The zero-order valence-corrected chi connectivity index (χ0v) is 13.5. The number of carbonyl (C=O) groups excluding carboxylic acids is 1. The normalized spacial score (nSPS) is 13.7. The van der Waals surface area contributed by atoms with Gasteiger partial charge in [-0.3, -0.25) is 4.79 Å². The second kappa shape index (κ2) is 5.12. The topological polar surface area (TPSA) is 32.9 Å². The SMILES string of the molecule is CC(CC(=O)c1c[nH]c2ccc(Br)cc12)C(C)(C)C. The van der Waals surface area contributed by atoms with Crippen LogP contribution in [-0.4, -0.2) is 10.8 Å². The summed E-state index contributed by atoms with van der Waals surface area (Å²) in [4.78, 5) is 15.6. The molecule has 1 heterocycles. The van der Waals surface area contributed by atoms with E-state index in [1.54, 1.807) is 0 Å². The summed E-state index contributed by atoms with van der Waals surface area (Å²) in [6.45, 7) is 8.67. The van der Waals surface area contributed by atoms with Crippen molar-refractivity contribution in [1.82, 2.24) is 4.98 Å². The fourth-order valence-corrected chi connectivity index (χ4v) is 2.38. The number of hydrogen-bond acceptors (Lipinski definition) is 1. The molecule has 0 bridgehead atoms. The first-order valence-corrected chi connectivity index (χ1v) is 7.38. The lowest BCUT2D eigenvalue weighted by Crippen LogP contribution is -2.20. The Balaban J connectivity index is 2.29. The summed E-state index contributed by atoms with van der Waals surface area (Å²) >= 11 is 3.46. The van der Waals surface area contributed by atoms with E-state index < -0.39 is 0 Å². The van der Waals surface area contributed by atoms with E-state index in [1.165, 1.54) is 0 Å². The number of ketones is 1. The smallest absolute Gasteiger partial charge is 0.165 e. The quantitative estimate of drug-likeness (QED) is 0.776. The molecule has 0 spiro atoms. The Kier molecular flexibility index (Phi) is 3.86. The van der Waals surface area contributed by atoms with E-state index in [4.69, 9.17) is 0 Å². The maximum absolute atomic E-state index is 12.5. The van der Waals surface area contributed by atoms with Crippen LogP contribution in [0.1, 0.15) is 44.5 Å². The van der Waals surface area contributed by atoms with Crippen molar-refractivity contribution in [3.05, 3.63) is 34.4 Å². The molecule has 2 aromatic rings. The molecule has 2 rings (SSSR count). The van der Waals surface area contributed by atoms with Crippen LogP contribution in [0.15, 0.2) is 28.9 Å². The molecule has 0 fully saturated rings. The van der Waals surface area contributed by atoms with E-state index in [-0.39, 0.29) is 11.2 Å². The van der Waals surface area contributed by atoms with Crippen LogP contribution in [0.3, 0.4) is 0 Å². The molecule has 0 saturated carbocycles. The molecule has 1 atom stereocenters. The molecule has 0 saturated heterocycles. The van der Waals surface area contributed by atoms with Crippen molar-refractivity contribution in [3.63, 3.8) is 0 Å². The summed E-state index contributed by atoms with van der Waals surface area (Å²) in [6, 6.07) is 5.97. The molecular formula is C16H20BrNO. The van der Waals surface area contributed by atoms with Crippen LogP contribution in [0.5, 0.6) is 0 Å². The molecule has 102 valence electrons. The number of halogens is 1. The lowest BCUT2D eigenvalue weighted by molar-refractivity contribution is 0.0929. The molecule has 2 nitrogen and oxygen atoms in total. The van der Waals surface area contributed by atoms with Crippen LogP contribution in [-0.2, 0) is 0 Å². The monoisotopic (exact) mass is 321 g/mol. The first-order chi connectivity index (χ1) is 8.79. The fourth-order valence-electron chi connectivity index (χ4n) is 2.02. The van der Waals surface area contributed by atoms with Gasteiger partial charge in [0, 0.05) is 33.6 Å². The van der Waals surface area contributed by atoms with E-state index in [1.807, 2.05) is 24.4 Å². The Morgan fingerprint density at radius 1 is 1.37 bits per heavy atom. The Hall–Kier alpha value is -1.09. The third-order valence-electron chi connectivity index (χ3n) is 3.91. The summed E-state index contributed by atoms with van der Waals surface area (Å²) in [5.41, 5.74) is 1.96. The average molecular weight is 322 g/mol. The molecule has 1 aromatic carbocycles. The maximum Gasteiger partial charge on any atom is 0.165 e. The molecule has 1 unspecified atom stereocenters. The summed E-state index contributed by atoms with van der Waals surface area (Å²) in [5, 5.41) is 1.00. The summed E-state index contributed by atoms with van der Waals surface area (Å²) in [6.07, 6.45) is 2.41. The van der Waals surface area contributed by atoms with Crippen LogP contribution in [0, 0.1) is 11.3 Å². The molecule has 1 aromatic heterocycles. The standard InChI is InChI=1S/C16H20BrNO/c1-10(16(2,3)4)7-15(19)13-9-18-14-6-5-11(17)8-12(13)14/h5-6,8-10,18H,7H2,1-4H3. The van der Waals surface area contributed by atoms with Crippen molar-refractivity contribution >= 4 is 32.6 Å². The summed E-state index contributed by atoms with van der Waals surface area (Å²) < 4.78 is 0.998. The zero-order valence-electron chi connectivity index (χ0n) is 11.9. The highest BCUT2D eigenvalue weighted by molar-refractivity contribution is 9.10. The zero-order chi connectivity index (χ0) is 14.2. The highest BCUT2D eigenvalue weighted by Crippen LogP contribution is 2.31. The number of aromatic amines is 1. The Morgan fingerprint density at radius 3 is 2.68 bits per heavy atom. The number of aromatic nitrogens is 1. The molecule has 0 amide bonds. The Bertz CT molecular complexity index is 607. The average Bonchev–Trinajstić information content (AvgIpc) is 2.70. The first kappa shape index (κ1) is 14.3. The number of benzene rings is 1. The predicted molar refractivity (Wildman–Crippen MR) is 83.6 cm³/mol. The van der Waals surface area contributed by atoms with E-state index in [0.29, 0.717) is 12.3 Å². The second-order valence-corrected chi connectivity index (χ2v) is 7.20. The summed E-state index contributed by atoms with van der Waals surface area (Å²) in [7, 11) is 0. The van der Waals surface area contributed by atoms with Gasteiger partial charge in [-0.15, -0.1) is 0 Å². The van der Waals surface area contributed by atoms with Crippen molar-refractivity contribution < 1.29 is 4.79 Å². The van der Waals surface area contributed by atoms with Crippen molar-refractivity contribution in [2.75, 3.05) is 0 Å². The molecule has 3 heteroatoms. The second-order valence-electron chi connectivity index (χ2n) is 6.29. The number of hydrogen-bond donors (Lipinski definition) is 1. The maximum atomic E-state index is 12.5. The fraction of sp³-hybridized carbons (Fsp3) is 0.438. The number of rotatable bonds is 3. The van der Waals surface area contributed by atoms with Crippen LogP contribution >= 0.6 is 15.9 Å². The predicted octanol–water partition coefficient (Wildman–Crippen LogP) is 5.19. The van der Waals surface area contributed by atoms with E-state index in [0.717, 1.165) is 20.9 Å². The van der Waals surface area contributed by atoms with Gasteiger partial charge in [0.15, 0.2) is 5.78 Å². The van der Waals surface area contributed by atoms with Gasteiger partial charge >= 0.3 is 0 Å². The third kappa shape index (κ3) is 3.08. The van der Waals surface area contributed by atoms with E-state index in [2.05, 4.69) is 48.6 Å². The highest BCUT2D eigenvalue weighted by atomic mass is 79.9. The molecular weight excluding hydrogens is 302 g/mol. The minimum atomic E-state index is 0.155. The molecule has 1 N–H and O–H groups in total. The molecule has 0 aliphatic rings. The van der Waals surface area contributed by atoms with Gasteiger partial charge in [0.05, 0.1) is 0 Å². The largest absolute Gasteiger partial charge is 0.360 e. The minimum absolute atomic E-state index is 0.155. The number of fused-ring (bicyclic) bond motifs is 1. The van der Waals surface area contributed by atoms with Gasteiger partial charge < -0.3 is 4.98 Å². The lowest BCUT2D eigenvalue weighted by atomic mass is 9.78. The number of Topliss-reactive ketones (excluding diaryl/α,β-unsaturated/α-hetero) is 1. The van der Waals surface area contributed by atoms with Crippen LogP contribution in [0.2, 0.25) is 0 Å². The van der Waals surface area contributed by atoms with E-state index in [9.17, 15) is 4.79 Å². The van der Waals surface area contributed by atoms with Gasteiger partial charge in [-0.05, 0) is 29.5 Å². The minimum Gasteiger partial charge on any atom is -0.360 e. The van der Waals surface area contributed by atoms with Crippen LogP contribution in [0.4, 0.5) is 0 Å². The van der Waals surface area contributed by atoms with Crippen LogP contribution < -0.4 is 0 Å². The van der Waals surface area contributed by atoms with Gasteiger partial charge in [0.25, 0.3) is 0 Å². The van der Waals surface area contributed by atoms with Gasteiger partial charge in [-0.25, -0.2) is 0 Å². The highest BCUT2D eigenvalue weighted by Gasteiger charge is 2.24. The molecule has 0 aliphatic heterocycles.